The molecule has 2 aromatic carbocycles. The van der Waals surface area contributed by atoms with Gasteiger partial charge in [0.05, 0.1) is 0 Å². The molecule has 0 aliphatic heterocycles. The molecule has 0 aliphatic rings. The number of anilines is 1. The van der Waals surface area contributed by atoms with Gasteiger partial charge in [-0.3, -0.25) is 4.79 Å². The van der Waals surface area contributed by atoms with E-state index in [0.29, 0.717) is 12.1 Å². The van der Waals surface area contributed by atoms with Gasteiger partial charge in [0.2, 0.25) is 0 Å². The zero-order valence-corrected chi connectivity index (χ0v) is 17.8. The maximum Gasteiger partial charge on any atom is 0.349 e. The lowest BCUT2D eigenvalue weighted by Gasteiger charge is -2.26. The molecule has 1 amide bonds. The number of ether oxygens (including phenoxy) is 1. The van der Waals surface area contributed by atoms with Gasteiger partial charge in [-0.25, -0.2) is 4.79 Å². The van der Waals surface area contributed by atoms with Crippen molar-refractivity contribution in [2.45, 2.75) is 26.4 Å². The molecule has 0 saturated carbocycles. The van der Waals surface area contributed by atoms with E-state index in [1.54, 1.807) is 4.90 Å². The summed E-state index contributed by atoms with van der Waals surface area (Å²) in [7, 11) is 3.86. The van der Waals surface area contributed by atoms with Gasteiger partial charge in [0.25, 0.3) is 5.91 Å². The maximum atomic E-state index is 12.6. The molecule has 0 saturated heterocycles. The van der Waals surface area contributed by atoms with Gasteiger partial charge in [0, 0.05) is 32.4 Å². The molecule has 0 heterocycles. The molecule has 0 atom stereocenters. The number of amides is 1. The van der Waals surface area contributed by atoms with E-state index >= 15 is 0 Å². The third-order valence-electron chi connectivity index (χ3n) is 4.53. The SMILES string of the molecule is CC(C)N(Cc1ccccc1)C(=O)COC(=O)/C(C#N)=C/c1ccc(N(C)C)cc1. The highest BCUT2D eigenvalue weighted by molar-refractivity contribution is 5.98. The number of hydrogen-bond acceptors (Lipinski definition) is 5. The highest BCUT2D eigenvalue weighted by Crippen LogP contribution is 2.15. The van der Waals surface area contributed by atoms with Crippen LogP contribution in [0.25, 0.3) is 6.08 Å². The van der Waals surface area contributed by atoms with Gasteiger partial charge in [-0.1, -0.05) is 42.5 Å². The minimum absolute atomic E-state index is 0.0578. The van der Waals surface area contributed by atoms with E-state index in [-0.39, 0.29) is 17.5 Å². The van der Waals surface area contributed by atoms with Gasteiger partial charge in [-0.2, -0.15) is 5.26 Å². The van der Waals surface area contributed by atoms with Gasteiger partial charge in [-0.05, 0) is 43.2 Å². The van der Waals surface area contributed by atoms with E-state index in [1.807, 2.05) is 93.5 Å². The highest BCUT2D eigenvalue weighted by atomic mass is 16.5. The van der Waals surface area contributed by atoms with Crippen LogP contribution in [0.1, 0.15) is 25.0 Å². The van der Waals surface area contributed by atoms with Crippen molar-refractivity contribution in [3.63, 3.8) is 0 Å². The lowest BCUT2D eigenvalue weighted by atomic mass is 10.1. The number of rotatable bonds is 8. The Morgan fingerprint density at radius 2 is 1.70 bits per heavy atom. The molecular weight excluding hydrogens is 378 g/mol. The average Bonchev–Trinajstić information content (AvgIpc) is 2.74. The van der Waals surface area contributed by atoms with Crippen LogP contribution in [-0.2, 0) is 20.9 Å². The quantitative estimate of drug-likeness (QED) is 0.381. The summed E-state index contributed by atoms with van der Waals surface area (Å²) in [5, 5.41) is 9.34. The second-order valence-corrected chi connectivity index (χ2v) is 7.33. The zero-order chi connectivity index (χ0) is 22.1. The lowest BCUT2D eigenvalue weighted by molar-refractivity contribution is -0.149. The fourth-order valence-corrected chi connectivity index (χ4v) is 2.80. The molecule has 2 rings (SSSR count). The number of hydrogen-bond donors (Lipinski definition) is 0. The minimum Gasteiger partial charge on any atom is -0.451 e. The molecule has 156 valence electrons. The molecule has 0 spiro atoms. The molecule has 0 N–H and O–H groups in total. The minimum atomic E-state index is -0.814. The van der Waals surface area contributed by atoms with Crippen LogP contribution in [0, 0.1) is 11.3 Å². The fourth-order valence-electron chi connectivity index (χ4n) is 2.80. The van der Waals surface area contributed by atoms with E-state index in [0.717, 1.165) is 11.3 Å². The van der Waals surface area contributed by atoms with Gasteiger partial charge in [0.15, 0.2) is 6.61 Å². The van der Waals surface area contributed by atoms with Crippen molar-refractivity contribution < 1.29 is 14.3 Å². The van der Waals surface area contributed by atoms with Gasteiger partial charge < -0.3 is 14.5 Å². The second-order valence-electron chi connectivity index (χ2n) is 7.33. The largest absolute Gasteiger partial charge is 0.451 e. The second kappa shape index (κ2) is 10.8. The van der Waals surface area contributed by atoms with Gasteiger partial charge >= 0.3 is 5.97 Å². The van der Waals surface area contributed by atoms with Crippen molar-refractivity contribution >= 4 is 23.6 Å². The summed E-state index contributed by atoms with van der Waals surface area (Å²) < 4.78 is 5.13. The lowest BCUT2D eigenvalue weighted by Crippen LogP contribution is -2.39. The first-order valence-corrected chi connectivity index (χ1v) is 9.71. The Labute approximate surface area is 178 Å². The zero-order valence-electron chi connectivity index (χ0n) is 17.8. The Kier molecular flexibility index (Phi) is 8.18. The van der Waals surface area contributed by atoms with Crippen LogP contribution in [0.4, 0.5) is 5.69 Å². The van der Waals surface area contributed by atoms with E-state index in [4.69, 9.17) is 4.74 Å². The fraction of sp³-hybridized carbons (Fsp3) is 0.292. The third kappa shape index (κ3) is 6.49. The predicted molar refractivity (Wildman–Crippen MR) is 117 cm³/mol. The normalized spacial score (nSPS) is 11.0. The molecule has 6 heteroatoms. The maximum absolute atomic E-state index is 12.6. The van der Waals surface area contributed by atoms with Crippen molar-refractivity contribution in [2.75, 3.05) is 25.6 Å². The van der Waals surface area contributed by atoms with Crippen LogP contribution in [0.15, 0.2) is 60.2 Å². The topological polar surface area (TPSA) is 73.6 Å². The molecule has 0 radical (unpaired) electrons. The molecule has 0 aromatic heterocycles. The average molecular weight is 405 g/mol. The van der Waals surface area contributed by atoms with Crippen LogP contribution in [-0.4, -0.2) is 43.5 Å². The molecular formula is C24H27N3O3. The monoisotopic (exact) mass is 405 g/mol. The van der Waals surface area contributed by atoms with Crippen molar-refractivity contribution in [1.29, 1.82) is 5.26 Å². The van der Waals surface area contributed by atoms with Crippen LogP contribution in [0.3, 0.4) is 0 Å². The molecule has 30 heavy (non-hydrogen) atoms. The molecule has 6 nitrogen and oxygen atoms in total. The van der Waals surface area contributed by atoms with E-state index < -0.39 is 12.6 Å². The first-order chi connectivity index (χ1) is 14.3. The molecule has 0 fully saturated rings. The van der Waals surface area contributed by atoms with Gasteiger partial charge in [-0.15, -0.1) is 0 Å². The summed E-state index contributed by atoms with van der Waals surface area (Å²) in [4.78, 5) is 28.5. The number of benzene rings is 2. The third-order valence-corrected chi connectivity index (χ3v) is 4.53. The molecule has 0 unspecified atom stereocenters. The van der Waals surface area contributed by atoms with Crippen LogP contribution >= 0.6 is 0 Å². The van der Waals surface area contributed by atoms with E-state index in [9.17, 15) is 14.9 Å². The predicted octanol–water partition coefficient (Wildman–Crippen LogP) is 3.64. The summed E-state index contributed by atoms with van der Waals surface area (Å²) in [5.74, 6) is -1.12. The Hall–Kier alpha value is -3.59. The Balaban J connectivity index is 2.02. The Morgan fingerprint density at radius 3 is 2.23 bits per heavy atom. The van der Waals surface area contributed by atoms with Gasteiger partial charge in [0.1, 0.15) is 11.6 Å². The summed E-state index contributed by atoms with van der Waals surface area (Å²) in [5.41, 5.74) is 2.54. The first-order valence-electron chi connectivity index (χ1n) is 9.71. The summed E-state index contributed by atoms with van der Waals surface area (Å²) >= 11 is 0. The van der Waals surface area contributed by atoms with E-state index in [2.05, 4.69) is 0 Å². The summed E-state index contributed by atoms with van der Waals surface area (Å²) in [6, 6.07) is 18.8. The first kappa shape index (κ1) is 22.7. The van der Waals surface area contributed by atoms with Crippen molar-refractivity contribution in [3.05, 3.63) is 71.3 Å². The van der Waals surface area contributed by atoms with Crippen molar-refractivity contribution in [3.8, 4) is 6.07 Å². The Morgan fingerprint density at radius 1 is 1.07 bits per heavy atom. The number of carbonyl (C=O) groups excluding carboxylic acids is 2. The number of nitrogens with zero attached hydrogens (tertiary/aromatic N) is 3. The number of nitriles is 1. The molecule has 2 aromatic rings. The number of carbonyl (C=O) groups is 2. The highest BCUT2D eigenvalue weighted by Gasteiger charge is 2.20. The summed E-state index contributed by atoms with van der Waals surface area (Å²) in [6.07, 6.45) is 1.45. The smallest absolute Gasteiger partial charge is 0.349 e. The van der Waals surface area contributed by atoms with Crippen LogP contribution < -0.4 is 4.90 Å². The van der Waals surface area contributed by atoms with Crippen LogP contribution in [0.5, 0.6) is 0 Å². The van der Waals surface area contributed by atoms with E-state index in [1.165, 1.54) is 6.08 Å². The number of esters is 1. The van der Waals surface area contributed by atoms with Crippen molar-refractivity contribution in [1.82, 2.24) is 4.90 Å². The Bertz CT molecular complexity index is 926. The summed E-state index contributed by atoms with van der Waals surface area (Å²) in [6.45, 7) is 3.82. The standard InChI is InChI=1S/C24H27N3O3/c1-18(2)27(16-20-8-6-5-7-9-20)23(28)17-30-24(29)21(15-25)14-19-10-12-22(13-11-19)26(3)4/h5-14,18H,16-17H2,1-4H3/b21-14+. The van der Waals surface area contributed by atoms with Crippen LogP contribution in [0.2, 0.25) is 0 Å². The molecule has 0 aliphatic carbocycles. The van der Waals surface area contributed by atoms with Crippen molar-refractivity contribution in [2.24, 2.45) is 0 Å². The molecule has 0 bridgehead atoms.